The van der Waals surface area contributed by atoms with Crippen LogP contribution in [0.1, 0.15) is 6.42 Å². The van der Waals surface area contributed by atoms with Crippen molar-refractivity contribution in [3.05, 3.63) is 0 Å². The lowest BCUT2D eigenvalue weighted by Crippen LogP contribution is -2.57. The molecule has 2 saturated heterocycles. The Morgan fingerprint density at radius 1 is 1.40 bits per heavy atom. The Bertz CT molecular complexity index is 156. The van der Waals surface area contributed by atoms with Crippen LogP contribution in [0.25, 0.3) is 0 Å². The first-order valence-corrected chi connectivity index (χ1v) is 3.33. The monoisotopic (exact) mass is 162 g/mol. The van der Waals surface area contributed by atoms with E-state index in [0.29, 0.717) is 0 Å². The Labute approximate surface area is 66.0 Å². The highest BCUT2D eigenvalue weighted by Gasteiger charge is 2.46. The van der Waals surface area contributed by atoms with Gasteiger partial charge in [-0.1, -0.05) is 0 Å². The van der Waals surface area contributed by atoms with Crippen LogP contribution >= 0.6 is 12.4 Å². The van der Waals surface area contributed by atoms with Gasteiger partial charge in [-0.15, -0.1) is 12.4 Å². The predicted octanol–water partition coefficient (Wildman–Crippen LogP) is -0.482. The molecule has 2 fully saturated rings. The minimum Gasteiger partial charge on any atom is -0.355 e. The lowest BCUT2D eigenvalue weighted by Gasteiger charge is -2.35. The molecule has 0 aliphatic carbocycles. The number of amides is 1. The molecule has 0 radical (unpaired) electrons. The van der Waals surface area contributed by atoms with Crippen molar-refractivity contribution in [3.8, 4) is 0 Å². The van der Waals surface area contributed by atoms with Gasteiger partial charge in [0.1, 0.15) is 0 Å². The number of rotatable bonds is 0. The van der Waals surface area contributed by atoms with E-state index in [4.69, 9.17) is 0 Å². The molecule has 0 atom stereocenters. The van der Waals surface area contributed by atoms with Crippen LogP contribution in [0, 0.1) is 5.41 Å². The molecule has 1 amide bonds. The van der Waals surface area contributed by atoms with E-state index in [2.05, 4.69) is 10.6 Å². The second kappa shape index (κ2) is 2.40. The van der Waals surface area contributed by atoms with Gasteiger partial charge in [0.25, 0.3) is 0 Å². The summed E-state index contributed by atoms with van der Waals surface area (Å²) < 4.78 is 0. The van der Waals surface area contributed by atoms with Crippen LogP contribution in [-0.4, -0.2) is 25.5 Å². The second-order valence-electron chi connectivity index (χ2n) is 2.89. The largest absolute Gasteiger partial charge is 0.355 e. The molecule has 3 nitrogen and oxygen atoms in total. The van der Waals surface area contributed by atoms with Crippen molar-refractivity contribution in [1.29, 1.82) is 0 Å². The first-order chi connectivity index (χ1) is 4.33. The van der Waals surface area contributed by atoms with Crippen molar-refractivity contribution in [2.45, 2.75) is 6.42 Å². The molecule has 0 aromatic rings. The molecule has 0 bridgehead atoms. The minimum absolute atomic E-state index is 0. The Morgan fingerprint density at radius 3 is 2.30 bits per heavy atom. The molecule has 0 unspecified atom stereocenters. The van der Waals surface area contributed by atoms with Crippen molar-refractivity contribution >= 4 is 18.3 Å². The van der Waals surface area contributed by atoms with Crippen molar-refractivity contribution in [2.75, 3.05) is 19.6 Å². The number of hydrogen-bond donors (Lipinski definition) is 2. The average Bonchev–Trinajstić information content (AvgIpc) is 2.07. The summed E-state index contributed by atoms with van der Waals surface area (Å²) >= 11 is 0. The molecule has 2 rings (SSSR count). The molecular weight excluding hydrogens is 152 g/mol. The molecule has 58 valence electrons. The van der Waals surface area contributed by atoms with E-state index in [1.54, 1.807) is 0 Å². The van der Waals surface area contributed by atoms with Crippen molar-refractivity contribution < 1.29 is 4.79 Å². The molecule has 2 aliphatic heterocycles. The fourth-order valence-electron chi connectivity index (χ4n) is 1.48. The van der Waals surface area contributed by atoms with E-state index in [1.165, 1.54) is 0 Å². The molecule has 2 aliphatic rings. The summed E-state index contributed by atoms with van der Waals surface area (Å²) in [6, 6.07) is 0. The molecule has 4 heteroatoms. The average molecular weight is 163 g/mol. The van der Waals surface area contributed by atoms with Crippen molar-refractivity contribution in [1.82, 2.24) is 10.6 Å². The highest BCUT2D eigenvalue weighted by atomic mass is 35.5. The van der Waals surface area contributed by atoms with E-state index in [-0.39, 0.29) is 23.7 Å². The Morgan fingerprint density at radius 2 is 2.10 bits per heavy atom. The van der Waals surface area contributed by atoms with Crippen molar-refractivity contribution in [3.63, 3.8) is 0 Å². The molecule has 0 saturated carbocycles. The third-order valence-electron chi connectivity index (χ3n) is 2.30. The van der Waals surface area contributed by atoms with Gasteiger partial charge in [0.15, 0.2) is 0 Å². The second-order valence-corrected chi connectivity index (χ2v) is 2.89. The van der Waals surface area contributed by atoms with Gasteiger partial charge in [0.05, 0.1) is 5.41 Å². The predicted molar refractivity (Wildman–Crippen MR) is 40.2 cm³/mol. The van der Waals surface area contributed by atoms with Gasteiger partial charge >= 0.3 is 0 Å². The SMILES string of the molecule is Cl.O=C1NCCC12CNC2. The smallest absolute Gasteiger partial charge is 0.228 e. The maximum atomic E-state index is 11.0. The highest BCUT2D eigenvalue weighted by molar-refractivity contribution is 5.86. The van der Waals surface area contributed by atoms with Gasteiger partial charge in [0.2, 0.25) is 5.91 Å². The zero-order valence-electron chi connectivity index (χ0n) is 5.64. The van der Waals surface area contributed by atoms with Gasteiger partial charge in [-0.3, -0.25) is 4.79 Å². The van der Waals surface area contributed by atoms with E-state index in [1.807, 2.05) is 0 Å². The lowest BCUT2D eigenvalue weighted by molar-refractivity contribution is -0.129. The van der Waals surface area contributed by atoms with E-state index in [0.717, 1.165) is 26.1 Å². The van der Waals surface area contributed by atoms with E-state index >= 15 is 0 Å². The first kappa shape index (κ1) is 7.82. The normalized spacial score (nSPS) is 27.0. The zero-order chi connectivity index (χ0) is 6.32. The van der Waals surface area contributed by atoms with Crippen molar-refractivity contribution in [2.24, 2.45) is 5.41 Å². The Kier molecular flexibility index (Phi) is 1.88. The third-order valence-corrected chi connectivity index (χ3v) is 2.30. The number of halogens is 1. The van der Waals surface area contributed by atoms with Crippen LogP contribution in [-0.2, 0) is 4.79 Å². The Balaban J connectivity index is 0.000000500. The summed E-state index contributed by atoms with van der Waals surface area (Å²) in [5.41, 5.74) is 0.0139. The molecule has 2 N–H and O–H groups in total. The first-order valence-electron chi connectivity index (χ1n) is 3.33. The molecule has 2 heterocycles. The van der Waals surface area contributed by atoms with E-state index < -0.39 is 0 Å². The zero-order valence-corrected chi connectivity index (χ0v) is 6.46. The summed E-state index contributed by atoms with van der Waals surface area (Å²) in [6.07, 6.45) is 1.03. The third kappa shape index (κ3) is 0.812. The molecule has 1 spiro atoms. The highest BCUT2D eigenvalue weighted by Crippen LogP contribution is 2.30. The van der Waals surface area contributed by atoms with Gasteiger partial charge in [-0.2, -0.15) is 0 Å². The topological polar surface area (TPSA) is 41.1 Å². The van der Waals surface area contributed by atoms with Crippen LogP contribution < -0.4 is 10.6 Å². The lowest BCUT2D eigenvalue weighted by atomic mass is 9.80. The standard InChI is InChI=1S/C6H10N2O.ClH/c9-5-6(1-2-8-5)3-7-4-6;/h7H,1-4H2,(H,8,9);1H. The number of carbonyl (C=O) groups excluding carboxylic acids is 1. The fraction of sp³-hybridized carbons (Fsp3) is 0.833. The maximum Gasteiger partial charge on any atom is 0.228 e. The van der Waals surface area contributed by atoms with Crippen LogP contribution in [0.3, 0.4) is 0 Å². The fourth-order valence-corrected chi connectivity index (χ4v) is 1.48. The molecule has 0 aromatic heterocycles. The summed E-state index contributed by atoms with van der Waals surface area (Å²) in [7, 11) is 0. The molecule has 0 aromatic carbocycles. The van der Waals surface area contributed by atoms with Crippen LogP contribution in [0.5, 0.6) is 0 Å². The van der Waals surface area contributed by atoms with Gasteiger partial charge in [-0.25, -0.2) is 0 Å². The van der Waals surface area contributed by atoms with Crippen LogP contribution in [0.4, 0.5) is 0 Å². The molecule has 10 heavy (non-hydrogen) atoms. The summed E-state index contributed by atoms with van der Waals surface area (Å²) in [5.74, 6) is 0.251. The van der Waals surface area contributed by atoms with Gasteiger partial charge in [0, 0.05) is 19.6 Å². The minimum atomic E-state index is 0. The quantitative estimate of drug-likeness (QED) is 0.505. The number of carbonyl (C=O) groups is 1. The van der Waals surface area contributed by atoms with Crippen LogP contribution in [0.2, 0.25) is 0 Å². The van der Waals surface area contributed by atoms with Gasteiger partial charge in [-0.05, 0) is 6.42 Å². The number of nitrogens with one attached hydrogen (secondary N) is 2. The molecular formula is C6H11ClN2O. The van der Waals surface area contributed by atoms with Gasteiger partial charge < -0.3 is 10.6 Å². The summed E-state index contributed by atoms with van der Waals surface area (Å²) in [6.45, 7) is 2.65. The maximum absolute atomic E-state index is 11.0. The van der Waals surface area contributed by atoms with E-state index in [9.17, 15) is 4.79 Å². The number of hydrogen-bond acceptors (Lipinski definition) is 2. The van der Waals surface area contributed by atoms with Crippen LogP contribution in [0.15, 0.2) is 0 Å². The Hall–Kier alpha value is -0.280. The summed E-state index contributed by atoms with van der Waals surface area (Å²) in [5, 5.41) is 5.95. The summed E-state index contributed by atoms with van der Waals surface area (Å²) in [4.78, 5) is 11.0.